The minimum atomic E-state index is -0.270. The molecule has 0 saturated heterocycles. The third-order valence-corrected chi connectivity index (χ3v) is 3.82. The van der Waals surface area contributed by atoms with Gasteiger partial charge in [0.1, 0.15) is 11.3 Å². The number of rotatable bonds is 7. The molecule has 1 heterocycles. The normalized spacial score (nSPS) is 12.5. The summed E-state index contributed by atoms with van der Waals surface area (Å²) in [6.07, 6.45) is 0.733. The molecule has 2 rings (SSSR count). The van der Waals surface area contributed by atoms with Crippen LogP contribution in [0.4, 0.5) is 4.39 Å². The first-order valence-electron chi connectivity index (χ1n) is 8.32. The molecule has 1 N–H and O–H groups in total. The number of halogens is 1. The van der Waals surface area contributed by atoms with Crippen molar-refractivity contribution in [1.82, 2.24) is 14.5 Å². The molecule has 5 heteroatoms. The van der Waals surface area contributed by atoms with Crippen molar-refractivity contribution in [3.8, 4) is 0 Å². The number of aryl methyl sites for hydroxylation is 1. The van der Waals surface area contributed by atoms with Crippen molar-refractivity contribution in [1.29, 1.82) is 0 Å². The lowest BCUT2D eigenvalue weighted by molar-refractivity contribution is 0.161. The molecule has 0 saturated carbocycles. The summed E-state index contributed by atoms with van der Waals surface area (Å²) >= 11 is 0. The molecule has 128 valence electrons. The lowest BCUT2D eigenvalue weighted by Gasteiger charge is -2.29. The van der Waals surface area contributed by atoms with Crippen molar-refractivity contribution in [3.05, 3.63) is 29.8 Å². The molecule has 0 aliphatic carbocycles. The number of aliphatic hydroxyl groups is 1. The summed E-state index contributed by atoms with van der Waals surface area (Å²) in [6, 6.07) is 5.10. The van der Waals surface area contributed by atoms with Gasteiger partial charge < -0.3 is 9.67 Å². The van der Waals surface area contributed by atoms with E-state index in [-0.39, 0.29) is 17.8 Å². The summed E-state index contributed by atoms with van der Waals surface area (Å²) in [6.45, 7) is 12.0. The molecule has 0 aliphatic heterocycles. The van der Waals surface area contributed by atoms with Gasteiger partial charge in [-0.3, -0.25) is 4.90 Å². The van der Waals surface area contributed by atoms with E-state index in [1.165, 1.54) is 6.07 Å². The number of hydrogen-bond donors (Lipinski definition) is 1. The molecule has 23 heavy (non-hydrogen) atoms. The molecule has 2 aromatic rings. The smallest absolute Gasteiger partial charge is 0.151 e. The molecule has 1 aromatic heterocycles. The van der Waals surface area contributed by atoms with Crippen LogP contribution in [0.1, 0.15) is 39.9 Å². The molecule has 0 bridgehead atoms. The van der Waals surface area contributed by atoms with Crippen LogP contribution in [0.25, 0.3) is 11.0 Å². The minimum Gasteiger partial charge on any atom is -0.396 e. The van der Waals surface area contributed by atoms with Crippen LogP contribution in [-0.4, -0.2) is 39.3 Å². The van der Waals surface area contributed by atoms with Gasteiger partial charge in [-0.05, 0) is 30.9 Å². The van der Waals surface area contributed by atoms with Gasteiger partial charge in [0.15, 0.2) is 5.82 Å². The summed E-state index contributed by atoms with van der Waals surface area (Å²) in [7, 11) is 0. The van der Waals surface area contributed by atoms with Gasteiger partial charge in [-0.2, -0.15) is 0 Å². The highest BCUT2D eigenvalue weighted by atomic mass is 19.1. The third-order valence-electron chi connectivity index (χ3n) is 3.82. The monoisotopic (exact) mass is 321 g/mol. The Hall–Kier alpha value is -1.46. The van der Waals surface area contributed by atoms with Gasteiger partial charge in [-0.25, -0.2) is 9.37 Å². The van der Waals surface area contributed by atoms with Gasteiger partial charge in [0.25, 0.3) is 0 Å². The third kappa shape index (κ3) is 4.52. The molecule has 4 nitrogen and oxygen atoms in total. The van der Waals surface area contributed by atoms with Crippen molar-refractivity contribution in [2.24, 2.45) is 5.41 Å². The number of aromatic nitrogens is 2. The van der Waals surface area contributed by atoms with E-state index in [0.29, 0.717) is 12.1 Å². The van der Waals surface area contributed by atoms with Crippen LogP contribution >= 0.6 is 0 Å². The Morgan fingerprint density at radius 1 is 1.30 bits per heavy atom. The first kappa shape index (κ1) is 17.9. The molecule has 0 radical (unpaired) electrons. The lowest BCUT2D eigenvalue weighted by Crippen LogP contribution is -2.34. The maximum atomic E-state index is 14.0. The Morgan fingerprint density at radius 2 is 2.04 bits per heavy atom. The van der Waals surface area contributed by atoms with Crippen molar-refractivity contribution in [2.75, 3.05) is 19.7 Å². The summed E-state index contributed by atoms with van der Waals surface area (Å²) in [5.41, 5.74) is 1.45. The Kier molecular flexibility index (Phi) is 5.76. The van der Waals surface area contributed by atoms with Crippen LogP contribution in [0, 0.1) is 11.2 Å². The average Bonchev–Trinajstić information content (AvgIpc) is 2.82. The largest absolute Gasteiger partial charge is 0.396 e. The number of hydrogen-bond acceptors (Lipinski definition) is 3. The Bertz CT molecular complexity index is 645. The van der Waals surface area contributed by atoms with Crippen molar-refractivity contribution in [3.63, 3.8) is 0 Å². The van der Waals surface area contributed by atoms with Crippen LogP contribution < -0.4 is 0 Å². The SMILES string of the molecule is CCn1c(CN(CCCO)CC(C)(C)C)nc2c(F)cccc21. The zero-order valence-corrected chi connectivity index (χ0v) is 14.6. The highest BCUT2D eigenvalue weighted by Gasteiger charge is 2.20. The maximum absolute atomic E-state index is 14.0. The highest BCUT2D eigenvalue weighted by Crippen LogP contribution is 2.22. The minimum absolute atomic E-state index is 0.157. The molecular formula is C18H28FN3O. The number of benzene rings is 1. The number of imidazole rings is 1. The van der Waals surface area contributed by atoms with Gasteiger partial charge in [-0.15, -0.1) is 0 Å². The van der Waals surface area contributed by atoms with Crippen LogP contribution in [-0.2, 0) is 13.1 Å². The molecular weight excluding hydrogens is 293 g/mol. The van der Waals surface area contributed by atoms with E-state index >= 15 is 0 Å². The van der Waals surface area contributed by atoms with E-state index in [4.69, 9.17) is 5.11 Å². The standard InChI is InChI=1S/C18H28FN3O/c1-5-22-15-9-6-8-14(19)17(15)20-16(22)12-21(10-7-11-23)13-18(2,3)4/h6,8-9,23H,5,7,10-13H2,1-4H3. The van der Waals surface area contributed by atoms with E-state index in [1.807, 2.05) is 6.07 Å². The number of nitrogens with zero attached hydrogens (tertiary/aromatic N) is 3. The van der Waals surface area contributed by atoms with Crippen molar-refractivity contribution < 1.29 is 9.50 Å². The fraction of sp³-hybridized carbons (Fsp3) is 0.611. The van der Waals surface area contributed by atoms with Gasteiger partial charge in [0.05, 0.1) is 12.1 Å². The van der Waals surface area contributed by atoms with Gasteiger partial charge in [0, 0.05) is 26.2 Å². The van der Waals surface area contributed by atoms with E-state index < -0.39 is 0 Å². The summed E-state index contributed by atoms with van der Waals surface area (Å²) in [5, 5.41) is 9.13. The van der Waals surface area contributed by atoms with Gasteiger partial charge in [-0.1, -0.05) is 26.8 Å². The van der Waals surface area contributed by atoms with E-state index in [9.17, 15) is 4.39 Å². The fourth-order valence-corrected chi connectivity index (χ4v) is 3.01. The fourth-order valence-electron chi connectivity index (χ4n) is 3.01. The topological polar surface area (TPSA) is 41.3 Å². The Morgan fingerprint density at radius 3 is 2.65 bits per heavy atom. The van der Waals surface area contributed by atoms with Crippen LogP contribution in [0.5, 0.6) is 0 Å². The second kappa shape index (κ2) is 7.41. The first-order valence-corrected chi connectivity index (χ1v) is 8.32. The second-order valence-electron chi connectivity index (χ2n) is 7.23. The van der Waals surface area contributed by atoms with E-state index in [0.717, 1.165) is 37.4 Å². The molecule has 0 amide bonds. The van der Waals surface area contributed by atoms with Gasteiger partial charge >= 0.3 is 0 Å². The number of para-hydroxylation sites is 1. The first-order chi connectivity index (χ1) is 10.9. The molecule has 1 aromatic carbocycles. The van der Waals surface area contributed by atoms with Gasteiger partial charge in [0.2, 0.25) is 0 Å². The van der Waals surface area contributed by atoms with Crippen LogP contribution in [0.15, 0.2) is 18.2 Å². The second-order valence-corrected chi connectivity index (χ2v) is 7.23. The Balaban J connectivity index is 2.31. The molecule has 0 fully saturated rings. The van der Waals surface area contributed by atoms with E-state index in [1.54, 1.807) is 6.07 Å². The summed E-state index contributed by atoms with van der Waals surface area (Å²) in [4.78, 5) is 6.84. The predicted octanol–water partition coefficient (Wildman–Crippen LogP) is 3.43. The Labute approximate surface area is 137 Å². The maximum Gasteiger partial charge on any atom is 0.151 e. The summed E-state index contributed by atoms with van der Waals surface area (Å²) < 4.78 is 16.1. The van der Waals surface area contributed by atoms with Crippen LogP contribution in [0.3, 0.4) is 0 Å². The zero-order valence-electron chi connectivity index (χ0n) is 14.6. The molecule has 0 unspecified atom stereocenters. The molecule has 0 atom stereocenters. The van der Waals surface area contributed by atoms with E-state index in [2.05, 4.69) is 42.1 Å². The predicted molar refractivity (Wildman–Crippen MR) is 91.8 cm³/mol. The van der Waals surface area contributed by atoms with Crippen molar-refractivity contribution >= 4 is 11.0 Å². The van der Waals surface area contributed by atoms with Crippen molar-refractivity contribution in [2.45, 2.75) is 47.2 Å². The number of aliphatic hydroxyl groups excluding tert-OH is 1. The number of fused-ring (bicyclic) bond motifs is 1. The quantitative estimate of drug-likeness (QED) is 0.849. The molecule has 0 aliphatic rings. The highest BCUT2D eigenvalue weighted by molar-refractivity contribution is 5.76. The average molecular weight is 321 g/mol. The lowest BCUT2D eigenvalue weighted by atomic mass is 9.96. The van der Waals surface area contributed by atoms with Crippen LogP contribution in [0.2, 0.25) is 0 Å². The summed E-state index contributed by atoms with van der Waals surface area (Å²) in [5.74, 6) is 0.614. The molecule has 0 spiro atoms. The zero-order chi connectivity index (χ0) is 17.0.